The largest absolute Gasteiger partial charge is 0.445 e. The second-order valence-electron chi connectivity index (χ2n) is 16.6. The molecular formula is C38H48N2O4. The van der Waals surface area contributed by atoms with Crippen LogP contribution >= 0.6 is 0 Å². The van der Waals surface area contributed by atoms with Gasteiger partial charge in [0.1, 0.15) is 6.61 Å². The van der Waals surface area contributed by atoms with Gasteiger partial charge in [0.05, 0.1) is 6.57 Å². The number of allylic oxidation sites excluding steroid dienone is 4. The molecule has 1 aromatic rings. The van der Waals surface area contributed by atoms with Gasteiger partial charge >= 0.3 is 6.09 Å². The van der Waals surface area contributed by atoms with Crippen molar-refractivity contribution in [1.29, 1.82) is 0 Å². The minimum atomic E-state index is -0.675. The molecule has 5 aliphatic carbocycles. The summed E-state index contributed by atoms with van der Waals surface area (Å²) in [4.78, 5) is 45.0. The van der Waals surface area contributed by atoms with Gasteiger partial charge in [-0.1, -0.05) is 90.4 Å². The number of alkyl carbamates (subject to hydrolysis) is 1. The molecule has 234 valence electrons. The predicted molar refractivity (Wildman–Crippen MR) is 170 cm³/mol. The highest BCUT2D eigenvalue weighted by atomic mass is 16.5. The van der Waals surface area contributed by atoms with E-state index in [-0.39, 0.29) is 57.9 Å². The van der Waals surface area contributed by atoms with Crippen molar-refractivity contribution >= 4 is 17.7 Å². The molecule has 7 atom stereocenters. The number of ketones is 2. The average molecular weight is 597 g/mol. The van der Waals surface area contributed by atoms with E-state index in [1.807, 2.05) is 56.3 Å². The summed E-state index contributed by atoms with van der Waals surface area (Å²) in [7, 11) is 0. The van der Waals surface area contributed by atoms with Crippen molar-refractivity contribution < 1.29 is 19.1 Å². The van der Waals surface area contributed by atoms with Crippen LogP contribution in [0.5, 0.6) is 0 Å². The summed E-state index contributed by atoms with van der Waals surface area (Å²) < 4.78 is 5.74. The number of Topliss-reactive ketones (excluding diaryl/α,β-unsaturated/α-hetero) is 1. The molecule has 0 bridgehead atoms. The Morgan fingerprint density at radius 3 is 2.34 bits per heavy atom. The molecule has 1 aromatic carbocycles. The van der Waals surface area contributed by atoms with Crippen molar-refractivity contribution in [3.63, 3.8) is 0 Å². The van der Waals surface area contributed by atoms with Crippen LogP contribution in [0.25, 0.3) is 4.85 Å². The number of benzene rings is 1. The molecule has 6 heteroatoms. The van der Waals surface area contributed by atoms with E-state index in [1.165, 1.54) is 0 Å². The number of nitrogens with one attached hydrogen (secondary N) is 1. The quantitative estimate of drug-likeness (QED) is 0.357. The van der Waals surface area contributed by atoms with Gasteiger partial charge in [0, 0.05) is 22.3 Å². The van der Waals surface area contributed by atoms with Gasteiger partial charge in [-0.05, 0) is 84.7 Å². The highest BCUT2D eigenvalue weighted by Gasteiger charge is 2.70. The zero-order valence-corrected chi connectivity index (χ0v) is 27.5. The first-order chi connectivity index (χ1) is 20.5. The first-order valence-corrected chi connectivity index (χ1v) is 16.4. The van der Waals surface area contributed by atoms with Crippen LogP contribution in [-0.4, -0.2) is 23.2 Å². The van der Waals surface area contributed by atoms with E-state index in [1.54, 1.807) is 0 Å². The van der Waals surface area contributed by atoms with E-state index in [9.17, 15) is 14.4 Å². The van der Waals surface area contributed by atoms with Gasteiger partial charge < -0.3 is 14.8 Å². The first-order valence-electron chi connectivity index (χ1n) is 16.4. The lowest BCUT2D eigenvalue weighted by Gasteiger charge is -2.69. The molecule has 0 spiro atoms. The standard InChI is InChI=1S/C38H48N2O4/c1-33(2)16-18-38(40-32(43)44-23-24-12-10-9-11-13-24)19-17-37(7)30(25(38)21-33)27(41)20-29-35(5)22-26(39-8)31(42)34(3,4)28(35)14-15-36(29,37)6/h9-13,20,22,25,28,30H,14-19,21,23H2,1-7H3,(H,40,43)/t25?,28-,30?,35-,36+,37+,38-/m0/s1. The maximum Gasteiger partial charge on any atom is 0.407 e. The fraction of sp³-hybridized carbons (Fsp3) is 0.632. The number of rotatable bonds is 3. The zero-order chi connectivity index (χ0) is 31.9. The van der Waals surface area contributed by atoms with Crippen LogP contribution in [0.15, 0.2) is 53.8 Å². The molecule has 0 radical (unpaired) electrons. The maximum absolute atomic E-state index is 14.7. The topological polar surface area (TPSA) is 76.8 Å². The highest BCUT2D eigenvalue weighted by Crippen LogP contribution is 2.73. The van der Waals surface area contributed by atoms with Gasteiger partial charge in [-0.15, -0.1) is 0 Å². The lowest BCUT2D eigenvalue weighted by molar-refractivity contribution is -0.161. The number of fused-ring (bicyclic) bond motifs is 7. The molecule has 0 aromatic heterocycles. The van der Waals surface area contributed by atoms with E-state index < -0.39 is 22.5 Å². The summed E-state index contributed by atoms with van der Waals surface area (Å²) in [5.74, 6) is -0.164. The van der Waals surface area contributed by atoms with Crippen molar-refractivity contribution in [3.8, 4) is 0 Å². The molecule has 3 fully saturated rings. The molecule has 0 saturated heterocycles. The second kappa shape index (κ2) is 9.90. The number of nitrogens with zero attached hydrogens (tertiary/aromatic N) is 1. The van der Waals surface area contributed by atoms with Gasteiger partial charge in [-0.2, -0.15) is 0 Å². The second-order valence-corrected chi connectivity index (χ2v) is 16.6. The Morgan fingerprint density at radius 1 is 0.977 bits per heavy atom. The normalized spacial score (nSPS) is 40.1. The summed E-state index contributed by atoms with van der Waals surface area (Å²) in [5, 5.41) is 3.37. The summed E-state index contributed by atoms with van der Waals surface area (Å²) in [5.41, 5.74) is -0.0225. The molecule has 0 aliphatic heterocycles. The lowest BCUT2D eigenvalue weighted by atomic mass is 9.35. The summed E-state index contributed by atoms with van der Waals surface area (Å²) in [6, 6.07) is 9.71. The van der Waals surface area contributed by atoms with E-state index in [4.69, 9.17) is 11.3 Å². The van der Waals surface area contributed by atoms with Crippen molar-refractivity contribution in [2.45, 2.75) is 106 Å². The molecule has 6 rings (SSSR count). The number of ether oxygens (including phenoxy) is 1. The molecular weight excluding hydrogens is 548 g/mol. The van der Waals surface area contributed by atoms with Crippen LogP contribution in [-0.2, 0) is 20.9 Å². The fourth-order valence-corrected chi connectivity index (χ4v) is 10.8. The van der Waals surface area contributed by atoms with E-state index in [2.05, 4.69) is 44.8 Å². The fourth-order valence-electron chi connectivity index (χ4n) is 10.8. The maximum atomic E-state index is 14.7. The third-order valence-electron chi connectivity index (χ3n) is 13.4. The first kappa shape index (κ1) is 30.8. The van der Waals surface area contributed by atoms with Crippen LogP contribution in [0.2, 0.25) is 0 Å². The van der Waals surface area contributed by atoms with Gasteiger partial charge in [-0.3, -0.25) is 4.79 Å². The van der Waals surface area contributed by atoms with Crippen molar-refractivity contribution in [1.82, 2.24) is 5.32 Å². The van der Waals surface area contributed by atoms with Crippen LogP contribution in [0.4, 0.5) is 4.79 Å². The Labute approximate surface area is 262 Å². The molecule has 3 saturated carbocycles. The number of amides is 1. The number of hydrogen-bond acceptors (Lipinski definition) is 4. The van der Waals surface area contributed by atoms with Crippen molar-refractivity contribution in [3.05, 3.63) is 70.7 Å². The molecule has 1 amide bonds. The van der Waals surface area contributed by atoms with Gasteiger partial charge in [0.25, 0.3) is 0 Å². The minimum absolute atomic E-state index is 0.0133. The Balaban J connectivity index is 1.39. The Bertz CT molecular complexity index is 1510. The van der Waals surface area contributed by atoms with Crippen molar-refractivity contribution in [2.75, 3.05) is 0 Å². The number of carbonyl (C=O) groups is 3. The summed E-state index contributed by atoms with van der Waals surface area (Å²) in [6.07, 6.45) is 9.46. The van der Waals surface area contributed by atoms with E-state index in [0.29, 0.717) is 0 Å². The van der Waals surface area contributed by atoms with E-state index >= 15 is 0 Å². The highest BCUT2D eigenvalue weighted by molar-refractivity contribution is 6.03. The molecule has 5 aliphatic rings. The van der Waals surface area contributed by atoms with Gasteiger partial charge in [0.15, 0.2) is 11.6 Å². The smallest absolute Gasteiger partial charge is 0.407 e. The van der Waals surface area contributed by atoms with E-state index in [0.717, 1.165) is 56.1 Å². The Morgan fingerprint density at radius 2 is 1.66 bits per heavy atom. The molecule has 44 heavy (non-hydrogen) atoms. The summed E-state index contributed by atoms with van der Waals surface area (Å²) in [6.45, 7) is 23.4. The van der Waals surface area contributed by atoms with Crippen molar-refractivity contribution in [2.24, 2.45) is 44.8 Å². The molecule has 0 heterocycles. The van der Waals surface area contributed by atoms with Crippen LogP contribution in [0, 0.1) is 51.4 Å². The minimum Gasteiger partial charge on any atom is -0.445 e. The Kier molecular flexibility index (Phi) is 6.93. The summed E-state index contributed by atoms with van der Waals surface area (Å²) >= 11 is 0. The SMILES string of the molecule is [C-]#[N+]C1=C[C@]2(C)C3=CC(=O)C4C5CC(C)(C)CC[C@]5(NC(=O)OCc5ccccc5)CC[C@@]4(C)[C@]3(C)CC[C@H]2C(C)(C)C1=O. The monoisotopic (exact) mass is 596 g/mol. The molecule has 6 nitrogen and oxygen atoms in total. The zero-order valence-electron chi connectivity index (χ0n) is 27.5. The third kappa shape index (κ3) is 4.28. The lowest BCUT2D eigenvalue weighted by Crippen LogP contribution is -2.69. The molecule has 1 N–H and O–H groups in total. The van der Waals surface area contributed by atoms with Crippen LogP contribution < -0.4 is 5.32 Å². The van der Waals surface area contributed by atoms with Crippen LogP contribution in [0.1, 0.15) is 99.0 Å². The average Bonchev–Trinajstić information content (AvgIpc) is 2.96. The Hall–Kier alpha value is -3.20. The number of carbonyl (C=O) groups excluding carboxylic acids is 3. The number of hydrogen-bond donors (Lipinski definition) is 1. The van der Waals surface area contributed by atoms with Gasteiger partial charge in [0.2, 0.25) is 5.70 Å². The third-order valence-corrected chi connectivity index (χ3v) is 13.4. The molecule has 2 unspecified atom stereocenters. The predicted octanol–water partition coefficient (Wildman–Crippen LogP) is 8.24. The van der Waals surface area contributed by atoms with Crippen LogP contribution in [0.3, 0.4) is 0 Å². The van der Waals surface area contributed by atoms with Gasteiger partial charge in [-0.25, -0.2) is 9.64 Å².